The molecule has 5 nitrogen and oxygen atoms in total. The zero-order chi connectivity index (χ0) is 12.3. The fraction of sp³-hybridized carbons (Fsp3) is 0.500. The predicted molar refractivity (Wildman–Crippen MR) is 67.9 cm³/mol. The van der Waals surface area contributed by atoms with Gasteiger partial charge in [0, 0.05) is 24.3 Å². The number of nitrogens with one attached hydrogen (secondary N) is 3. The van der Waals surface area contributed by atoms with Crippen LogP contribution < -0.4 is 10.9 Å². The maximum Gasteiger partial charge on any atom is 0.275 e. The number of H-pyrrole nitrogens is 2. The van der Waals surface area contributed by atoms with Crippen molar-refractivity contribution in [2.75, 3.05) is 0 Å². The molecule has 0 fully saturated rings. The minimum Gasteiger partial charge on any atom is -0.355 e. The molecule has 92 valence electrons. The molecule has 0 bridgehead atoms. The molecule has 0 aliphatic carbocycles. The molecule has 2 aromatic rings. The molecule has 5 heteroatoms. The molecule has 0 aliphatic rings. The molecule has 0 radical (unpaired) electrons. The second kappa shape index (κ2) is 5.14. The van der Waals surface area contributed by atoms with Gasteiger partial charge in [-0.1, -0.05) is 13.8 Å². The van der Waals surface area contributed by atoms with Crippen molar-refractivity contribution in [2.24, 2.45) is 0 Å². The molecule has 2 aromatic heterocycles. The first kappa shape index (κ1) is 11.9. The summed E-state index contributed by atoms with van der Waals surface area (Å²) >= 11 is 0. The Morgan fingerprint density at radius 3 is 2.82 bits per heavy atom. The van der Waals surface area contributed by atoms with E-state index in [1.807, 2.05) is 6.20 Å². The highest BCUT2D eigenvalue weighted by molar-refractivity contribution is 5.77. The number of aromatic nitrogens is 3. The number of hydrogen-bond donors (Lipinski definition) is 3. The topological polar surface area (TPSA) is 73.6 Å². The Labute approximate surface area is 99.7 Å². The van der Waals surface area contributed by atoms with Crippen LogP contribution in [0, 0.1) is 0 Å². The third-order valence-corrected chi connectivity index (χ3v) is 3.11. The molecule has 0 amide bonds. The lowest BCUT2D eigenvalue weighted by Gasteiger charge is -2.13. The monoisotopic (exact) mass is 234 g/mol. The van der Waals surface area contributed by atoms with Gasteiger partial charge in [0.05, 0.1) is 11.8 Å². The van der Waals surface area contributed by atoms with Crippen molar-refractivity contribution in [3.05, 3.63) is 28.4 Å². The number of rotatable bonds is 5. The Balaban J connectivity index is 2.20. The number of nitrogens with zero attached hydrogens (tertiary/aromatic N) is 1. The van der Waals surface area contributed by atoms with Gasteiger partial charge in [-0.3, -0.25) is 4.79 Å². The van der Waals surface area contributed by atoms with Gasteiger partial charge in [0.1, 0.15) is 5.52 Å². The van der Waals surface area contributed by atoms with Crippen LogP contribution >= 0.6 is 0 Å². The van der Waals surface area contributed by atoms with Crippen molar-refractivity contribution >= 4 is 11.0 Å². The maximum atomic E-state index is 11.5. The van der Waals surface area contributed by atoms with Crippen LogP contribution in [0.4, 0.5) is 0 Å². The molecule has 0 saturated carbocycles. The third kappa shape index (κ3) is 2.39. The Hall–Kier alpha value is -1.62. The summed E-state index contributed by atoms with van der Waals surface area (Å²) in [7, 11) is 0. The van der Waals surface area contributed by atoms with Gasteiger partial charge in [0.2, 0.25) is 0 Å². The van der Waals surface area contributed by atoms with E-state index < -0.39 is 0 Å². The van der Waals surface area contributed by atoms with Crippen LogP contribution in [0.1, 0.15) is 32.3 Å². The van der Waals surface area contributed by atoms with Gasteiger partial charge in [-0.15, -0.1) is 0 Å². The SMILES string of the molecule is CCC(CC)NCc1c[nH]c2c(=O)[nH]cnc12. The van der Waals surface area contributed by atoms with E-state index in [0.29, 0.717) is 11.6 Å². The van der Waals surface area contributed by atoms with E-state index in [-0.39, 0.29) is 5.56 Å². The van der Waals surface area contributed by atoms with Crippen molar-refractivity contribution in [3.63, 3.8) is 0 Å². The van der Waals surface area contributed by atoms with Crippen LogP contribution in [-0.2, 0) is 6.54 Å². The Morgan fingerprint density at radius 2 is 2.12 bits per heavy atom. The highest BCUT2D eigenvalue weighted by Gasteiger charge is 2.09. The van der Waals surface area contributed by atoms with E-state index in [0.717, 1.165) is 30.5 Å². The molecule has 0 aliphatic heterocycles. The van der Waals surface area contributed by atoms with E-state index in [9.17, 15) is 4.79 Å². The largest absolute Gasteiger partial charge is 0.355 e. The van der Waals surface area contributed by atoms with Gasteiger partial charge >= 0.3 is 0 Å². The summed E-state index contributed by atoms with van der Waals surface area (Å²) in [4.78, 5) is 21.2. The second-order valence-electron chi connectivity index (χ2n) is 4.16. The average molecular weight is 234 g/mol. The molecule has 3 N–H and O–H groups in total. The third-order valence-electron chi connectivity index (χ3n) is 3.11. The highest BCUT2D eigenvalue weighted by atomic mass is 16.1. The van der Waals surface area contributed by atoms with Crippen molar-refractivity contribution < 1.29 is 0 Å². The Bertz CT molecular complexity index is 539. The number of fused-ring (bicyclic) bond motifs is 1. The van der Waals surface area contributed by atoms with E-state index in [2.05, 4.69) is 34.1 Å². The van der Waals surface area contributed by atoms with Crippen molar-refractivity contribution in [3.8, 4) is 0 Å². The molecule has 0 aromatic carbocycles. The van der Waals surface area contributed by atoms with Crippen molar-refractivity contribution in [1.29, 1.82) is 0 Å². The second-order valence-corrected chi connectivity index (χ2v) is 4.16. The molecule has 0 spiro atoms. The molecule has 0 saturated heterocycles. The summed E-state index contributed by atoms with van der Waals surface area (Å²) in [6, 6.07) is 0.516. The first-order valence-electron chi connectivity index (χ1n) is 6.03. The van der Waals surface area contributed by atoms with E-state index >= 15 is 0 Å². The smallest absolute Gasteiger partial charge is 0.275 e. The molecule has 0 unspecified atom stereocenters. The van der Waals surface area contributed by atoms with Crippen molar-refractivity contribution in [2.45, 2.75) is 39.3 Å². The van der Waals surface area contributed by atoms with Crippen LogP contribution in [0.3, 0.4) is 0 Å². The van der Waals surface area contributed by atoms with E-state index in [1.54, 1.807) is 0 Å². The Morgan fingerprint density at radius 1 is 1.35 bits per heavy atom. The molecule has 2 rings (SSSR count). The predicted octanol–water partition coefficient (Wildman–Crippen LogP) is 1.53. The summed E-state index contributed by atoms with van der Waals surface area (Å²) in [6.45, 7) is 5.07. The molecule has 2 heterocycles. The minimum atomic E-state index is -0.121. The lowest BCUT2D eigenvalue weighted by Crippen LogP contribution is -2.26. The first-order chi connectivity index (χ1) is 8.26. The van der Waals surface area contributed by atoms with Gasteiger partial charge < -0.3 is 15.3 Å². The molecule has 17 heavy (non-hydrogen) atoms. The fourth-order valence-corrected chi connectivity index (χ4v) is 1.97. The summed E-state index contributed by atoms with van der Waals surface area (Å²) in [5.74, 6) is 0. The zero-order valence-corrected chi connectivity index (χ0v) is 10.2. The summed E-state index contributed by atoms with van der Waals surface area (Å²) in [6.07, 6.45) is 5.50. The van der Waals surface area contributed by atoms with Gasteiger partial charge in [-0.2, -0.15) is 0 Å². The number of hydrogen-bond acceptors (Lipinski definition) is 3. The highest BCUT2D eigenvalue weighted by Crippen LogP contribution is 2.11. The average Bonchev–Trinajstić information content (AvgIpc) is 2.75. The minimum absolute atomic E-state index is 0.121. The summed E-state index contributed by atoms with van der Waals surface area (Å²) < 4.78 is 0. The number of aromatic amines is 2. The lowest BCUT2D eigenvalue weighted by atomic mass is 10.1. The van der Waals surface area contributed by atoms with Crippen LogP contribution in [0.5, 0.6) is 0 Å². The van der Waals surface area contributed by atoms with Gasteiger partial charge in [0.15, 0.2) is 0 Å². The van der Waals surface area contributed by atoms with Gasteiger partial charge in [0.25, 0.3) is 5.56 Å². The van der Waals surface area contributed by atoms with Crippen LogP contribution in [0.25, 0.3) is 11.0 Å². The molecular weight excluding hydrogens is 216 g/mol. The quantitative estimate of drug-likeness (QED) is 0.734. The van der Waals surface area contributed by atoms with Crippen LogP contribution in [0.2, 0.25) is 0 Å². The standard InChI is InChI=1S/C12H18N4O/c1-3-9(4-2)13-5-8-6-14-11-10(8)15-7-16-12(11)17/h6-7,9,13-14H,3-5H2,1-2H3,(H,15,16,17). The van der Waals surface area contributed by atoms with E-state index in [1.165, 1.54) is 6.33 Å². The van der Waals surface area contributed by atoms with Crippen LogP contribution in [-0.4, -0.2) is 21.0 Å². The Kier molecular flexibility index (Phi) is 3.58. The van der Waals surface area contributed by atoms with E-state index in [4.69, 9.17) is 0 Å². The summed E-state index contributed by atoms with van der Waals surface area (Å²) in [5, 5.41) is 3.46. The van der Waals surface area contributed by atoms with Gasteiger partial charge in [-0.05, 0) is 12.8 Å². The maximum absolute atomic E-state index is 11.5. The molecule has 0 atom stereocenters. The van der Waals surface area contributed by atoms with Gasteiger partial charge in [-0.25, -0.2) is 4.98 Å². The molecular formula is C12H18N4O. The van der Waals surface area contributed by atoms with Crippen molar-refractivity contribution in [1.82, 2.24) is 20.3 Å². The lowest BCUT2D eigenvalue weighted by molar-refractivity contribution is 0.485. The first-order valence-corrected chi connectivity index (χ1v) is 6.03. The van der Waals surface area contributed by atoms with Crippen LogP contribution in [0.15, 0.2) is 17.3 Å². The summed E-state index contributed by atoms with van der Waals surface area (Å²) in [5.41, 5.74) is 2.22. The fourth-order valence-electron chi connectivity index (χ4n) is 1.97. The zero-order valence-electron chi connectivity index (χ0n) is 10.2. The normalized spacial score (nSPS) is 11.5.